The molecule has 2 aromatic rings. The number of nitrogens with one attached hydrogen (secondary N) is 1. The van der Waals surface area contributed by atoms with Crippen molar-refractivity contribution in [1.82, 2.24) is 24.8 Å². The molecule has 2 aromatic heterocycles. The molecule has 0 aromatic carbocycles. The predicted octanol–water partition coefficient (Wildman–Crippen LogP) is 3.84. The van der Waals surface area contributed by atoms with Crippen molar-refractivity contribution in [2.45, 2.75) is 70.4 Å². The molecule has 1 aliphatic heterocycles. The van der Waals surface area contributed by atoms with Gasteiger partial charge in [-0.2, -0.15) is 0 Å². The molecule has 1 saturated carbocycles. The van der Waals surface area contributed by atoms with Crippen LogP contribution in [-0.2, 0) is 0 Å². The SMILES string of the molecule is CC(C)NC(=O)N1CCC(n2c(C3CCCC3)nc3cccnc32)CC1. The number of pyridine rings is 1. The maximum atomic E-state index is 12.3. The Kier molecular flexibility index (Phi) is 4.83. The second kappa shape index (κ2) is 7.25. The van der Waals surface area contributed by atoms with Crippen LogP contribution in [-0.4, -0.2) is 44.6 Å². The third kappa shape index (κ3) is 3.29. The molecule has 1 aliphatic carbocycles. The van der Waals surface area contributed by atoms with Gasteiger partial charge in [-0.05, 0) is 51.7 Å². The molecule has 26 heavy (non-hydrogen) atoms. The smallest absolute Gasteiger partial charge is 0.317 e. The fourth-order valence-electron chi connectivity index (χ4n) is 4.44. The molecule has 4 rings (SSSR count). The summed E-state index contributed by atoms with van der Waals surface area (Å²) in [4.78, 5) is 23.8. The van der Waals surface area contributed by atoms with E-state index in [1.54, 1.807) is 0 Å². The highest BCUT2D eigenvalue weighted by atomic mass is 16.2. The van der Waals surface area contributed by atoms with Crippen molar-refractivity contribution in [1.29, 1.82) is 0 Å². The number of urea groups is 1. The van der Waals surface area contributed by atoms with E-state index in [0.29, 0.717) is 12.0 Å². The van der Waals surface area contributed by atoms with Crippen molar-refractivity contribution in [2.75, 3.05) is 13.1 Å². The zero-order valence-corrected chi connectivity index (χ0v) is 15.8. The van der Waals surface area contributed by atoms with Gasteiger partial charge in [0.1, 0.15) is 11.3 Å². The normalized spacial score (nSPS) is 19.6. The lowest BCUT2D eigenvalue weighted by Gasteiger charge is -2.34. The van der Waals surface area contributed by atoms with Crippen molar-refractivity contribution in [3.63, 3.8) is 0 Å². The zero-order valence-electron chi connectivity index (χ0n) is 15.8. The number of carbonyl (C=O) groups excluding carboxylic acids is 1. The van der Waals surface area contributed by atoms with Crippen LogP contribution < -0.4 is 5.32 Å². The van der Waals surface area contributed by atoms with E-state index in [9.17, 15) is 4.79 Å². The minimum absolute atomic E-state index is 0.0584. The molecule has 6 heteroatoms. The second-order valence-electron chi connectivity index (χ2n) is 7.99. The van der Waals surface area contributed by atoms with Gasteiger partial charge in [0.05, 0.1) is 0 Å². The summed E-state index contributed by atoms with van der Waals surface area (Å²) >= 11 is 0. The molecular formula is C20H29N5O. The minimum atomic E-state index is 0.0584. The van der Waals surface area contributed by atoms with E-state index >= 15 is 0 Å². The highest BCUT2D eigenvalue weighted by Gasteiger charge is 2.30. The highest BCUT2D eigenvalue weighted by molar-refractivity contribution is 5.74. The number of amides is 2. The number of aromatic nitrogens is 3. The number of hydrogen-bond acceptors (Lipinski definition) is 3. The molecule has 0 unspecified atom stereocenters. The number of imidazole rings is 1. The average molecular weight is 355 g/mol. The lowest BCUT2D eigenvalue weighted by atomic mass is 10.0. The van der Waals surface area contributed by atoms with Crippen LogP contribution in [0.1, 0.15) is 70.2 Å². The molecule has 0 spiro atoms. The Morgan fingerprint density at radius 3 is 2.62 bits per heavy atom. The molecule has 6 nitrogen and oxygen atoms in total. The molecule has 0 bridgehead atoms. The van der Waals surface area contributed by atoms with Crippen molar-refractivity contribution >= 4 is 17.2 Å². The number of carbonyl (C=O) groups is 1. The van der Waals surface area contributed by atoms with E-state index < -0.39 is 0 Å². The van der Waals surface area contributed by atoms with Gasteiger partial charge < -0.3 is 14.8 Å². The Bertz CT molecular complexity index is 770. The summed E-state index contributed by atoms with van der Waals surface area (Å²) in [5.74, 6) is 1.78. The molecule has 2 amide bonds. The van der Waals surface area contributed by atoms with Gasteiger partial charge in [0, 0.05) is 37.3 Å². The summed E-state index contributed by atoms with van der Waals surface area (Å²) < 4.78 is 2.41. The molecule has 0 radical (unpaired) electrons. The number of hydrogen-bond donors (Lipinski definition) is 1. The van der Waals surface area contributed by atoms with Gasteiger partial charge in [-0.25, -0.2) is 14.8 Å². The first-order valence-electron chi connectivity index (χ1n) is 10.0. The van der Waals surface area contributed by atoms with E-state index in [1.165, 1.54) is 31.5 Å². The van der Waals surface area contributed by atoms with Gasteiger partial charge in [-0.3, -0.25) is 0 Å². The first-order valence-corrected chi connectivity index (χ1v) is 10.0. The third-order valence-electron chi connectivity index (χ3n) is 5.73. The Morgan fingerprint density at radius 1 is 1.19 bits per heavy atom. The first kappa shape index (κ1) is 17.3. The third-order valence-corrected chi connectivity index (χ3v) is 5.73. The van der Waals surface area contributed by atoms with Crippen molar-refractivity contribution < 1.29 is 4.79 Å². The van der Waals surface area contributed by atoms with Crippen LogP contribution in [0.2, 0.25) is 0 Å². The summed E-state index contributed by atoms with van der Waals surface area (Å²) in [7, 11) is 0. The zero-order chi connectivity index (χ0) is 18.1. The van der Waals surface area contributed by atoms with Crippen LogP contribution in [0.15, 0.2) is 18.3 Å². The van der Waals surface area contributed by atoms with Crippen LogP contribution in [0.25, 0.3) is 11.2 Å². The number of likely N-dealkylation sites (tertiary alicyclic amines) is 1. The maximum absolute atomic E-state index is 12.3. The van der Waals surface area contributed by atoms with Gasteiger partial charge >= 0.3 is 6.03 Å². The summed E-state index contributed by atoms with van der Waals surface area (Å²) in [5, 5.41) is 3.00. The van der Waals surface area contributed by atoms with Gasteiger partial charge in [0.25, 0.3) is 0 Å². The van der Waals surface area contributed by atoms with Crippen LogP contribution >= 0.6 is 0 Å². The molecule has 1 saturated heterocycles. The predicted molar refractivity (Wildman–Crippen MR) is 102 cm³/mol. The van der Waals surface area contributed by atoms with Crippen LogP contribution in [0.4, 0.5) is 4.79 Å². The van der Waals surface area contributed by atoms with E-state index in [1.807, 2.05) is 31.0 Å². The molecule has 1 N–H and O–H groups in total. The summed E-state index contributed by atoms with van der Waals surface area (Å²) in [6.45, 7) is 5.59. The van der Waals surface area contributed by atoms with Crippen LogP contribution in [0.3, 0.4) is 0 Å². The topological polar surface area (TPSA) is 63.1 Å². The number of piperidine rings is 1. The van der Waals surface area contributed by atoms with Gasteiger partial charge in [-0.15, -0.1) is 0 Å². The molecule has 2 aliphatic rings. The Hall–Kier alpha value is -2.11. The van der Waals surface area contributed by atoms with Crippen LogP contribution in [0, 0.1) is 0 Å². The van der Waals surface area contributed by atoms with Crippen molar-refractivity contribution in [3.05, 3.63) is 24.2 Å². The minimum Gasteiger partial charge on any atom is -0.336 e. The van der Waals surface area contributed by atoms with Gasteiger partial charge in [0.15, 0.2) is 5.65 Å². The Morgan fingerprint density at radius 2 is 1.92 bits per heavy atom. The Labute approximate surface area is 155 Å². The molecule has 140 valence electrons. The number of rotatable bonds is 3. The highest BCUT2D eigenvalue weighted by Crippen LogP contribution is 2.38. The van der Waals surface area contributed by atoms with E-state index in [4.69, 9.17) is 4.98 Å². The van der Waals surface area contributed by atoms with Crippen molar-refractivity contribution in [2.24, 2.45) is 0 Å². The van der Waals surface area contributed by atoms with Gasteiger partial charge in [-0.1, -0.05) is 12.8 Å². The van der Waals surface area contributed by atoms with E-state index in [2.05, 4.69) is 20.9 Å². The van der Waals surface area contributed by atoms with Crippen molar-refractivity contribution in [3.8, 4) is 0 Å². The number of fused-ring (bicyclic) bond motifs is 1. The molecule has 2 fully saturated rings. The van der Waals surface area contributed by atoms with Gasteiger partial charge in [0.2, 0.25) is 0 Å². The maximum Gasteiger partial charge on any atom is 0.317 e. The van der Waals surface area contributed by atoms with Crippen LogP contribution in [0.5, 0.6) is 0 Å². The quantitative estimate of drug-likeness (QED) is 0.910. The largest absolute Gasteiger partial charge is 0.336 e. The summed E-state index contributed by atoms with van der Waals surface area (Å²) in [6.07, 6.45) is 8.87. The fourth-order valence-corrected chi connectivity index (χ4v) is 4.44. The van der Waals surface area contributed by atoms with E-state index in [-0.39, 0.29) is 12.1 Å². The summed E-state index contributed by atoms with van der Waals surface area (Å²) in [5.41, 5.74) is 2.02. The summed E-state index contributed by atoms with van der Waals surface area (Å²) in [6, 6.07) is 4.66. The Balaban J connectivity index is 1.57. The van der Waals surface area contributed by atoms with E-state index in [0.717, 1.165) is 37.1 Å². The molecule has 3 heterocycles. The lowest BCUT2D eigenvalue weighted by molar-refractivity contribution is 0.169. The standard InChI is InChI=1S/C20H29N5O/c1-14(2)22-20(26)24-12-9-16(10-13-24)25-18(15-6-3-4-7-15)23-17-8-5-11-21-19(17)25/h5,8,11,14-16H,3-4,6-7,9-10,12-13H2,1-2H3,(H,22,26). The molecule has 0 atom stereocenters. The monoisotopic (exact) mass is 355 g/mol. The number of nitrogens with zero attached hydrogens (tertiary/aromatic N) is 4. The first-order chi connectivity index (χ1) is 12.6. The fraction of sp³-hybridized carbons (Fsp3) is 0.650. The molecular weight excluding hydrogens is 326 g/mol. The lowest BCUT2D eigenvalue weighted by Crippen LogP contribution is -2.46. The average Bonchev–Trinajstić information content (AvgIpc) is 3.28. The second-order valence-corrected chi connectivity index (χ2v) is 7.99.